The van der Waals surface area contributed by atoms with E-state index in [1.807, 2.05) is 25.3 Å². The highest BCUT2D eigenvalue weighted by atomic mass is 19.1. The van der Waals surface area contributed by atoms with E-state index in [0.29, 0.717) is 5.52 Å². The van der Waals surface area contributed by atoms with E-state index in [1.165, 1.54) is 10.6 Å². The quantitative estimate of drug-likeness (QED) is 0.647. The van der Waals surface area contributed by atoms with Gasteiger partial charge >= 0.3 is 5.69 Å². The van der Waals surface area contributed by atoms with Gasteiger partial charge in [-0.3, -0.25) is 9.13 Å². The highest BCUT2D eigenvalue weighted by molar-refractivity contribution is 6.33. The van der Waals surface area contributed by atoms with Gasteiger partial charge in [-0.2, -0.15) is 0 Å². The highest BCUT2D eigenvalue weighted by Gasteiger charge is 2.22. The van der Waals surface area contributed by atoms with Crippen LogP contribution >= 0.6 is 0 Å². The molecule has 7 heteroatoms. The maximum absolute atomic E-state index is 14.8. The van der Waals surface area contributed by atoms with Crippen LogP contribution in [0.5, 0.6) is 0 Å². The molecule has 0 amide bonds. The molecule has 0 aliphatic heterocycles. The third kappa shape index (κ3) is 2.81. The summed E-state index contributed by atoms with van der Waals surface area (Å²) in [5.74, 6) is -0.540. The predicted molar refractivity (Wildman–Crippen MR) is 98.2 cm³/mol. The molecular formula is C18H22BFN4O. The van der Waals surface area contributed by atoms with Gasteiger partial charge in [0.25, 0.3) is 0 Å². The van der Waals surface area contributed by atoms with Gasteiger partial charge in [-0.05, 0) is 25.8 Å². The summed E-state index contributed by atoms with van der Waals surface area (Å²) in [7, 11) is 5.77. The second kappa shape index (κ2) is 6.90. The maximum atomic E-state index is 14.8. The number of hydrogen-bond acceptors (Lipinski definition) is 2. The number of benzene rings is 1. The molecule has 5 nitrogen and oxygen atoms in total. The van der Waals surface area contributed by atoms with E-state index in [1.54, 1.807) is 23.2 Å². The Morgan fingerprint density at radius 1 is 1.24 bits per heavy atom. The Morgan fingerprint density at radius 3 is 2.60 bits per heavy atom. The SMILES string of the molecule is [B]c1ccc2c(c1F)n(Cc1cncn1CC)c(=O)n2C(CC)CC. The summed E-state index contributed by atoms with van der Waals surface area (Å²) >= 11 is 0. The lowest BCUT2D eigenvalue weighted by atomic mass is 9.95. The fourth-order valence-corrected chi connectivity index (χ4v) is 3.43. The molecule has 0 N–H and O–H groups in total. The fourth-order valence-electron chi connectivity index (χ4n) is 3.43. The molecule has 0 saturated carbocycles. The smallest absolute Gasteiger partial charge is 0.329 e. The zero-order valence-electron chi connectivity index (χ0n) is 14.9. The Bertz CT molecular complexity index is 952. The summed E-state index contributed by atoms with van der Waals surface area (Å²) in [6.45, 7) is 7.06. The average molecular weight is 340 g/mol. The van der Waals surface area contributed by atoms with Crippen LogP contribution in [-0.4, -0.2) is 26.5 Å². The monoisotopic (exact) mass is 340 g/mol. The Hall–Kier alpha value is -2.31. The van der Waals surface area contributed by atoms with E-state index in [0.717, 1.165) is 25.1 Å². The van der Waals surface area contributed by atoms with Crippen molar-refractivity contribution in [2.75, 3.05) is 0 Å². The van der Waals surface area contributed by atoms with Crippen molar-refractivity contribution < 1.29 is 4.39 Å². The van der Waals surface area contributed by atoms with Crippen LogP contribution in [0.1, 0.15) is 45.3 Å². The standard InChI is InChI=1S/C18H22BFN4O/c1-4-12(5-2)24-15-8-7-14(19)16(20)17(15)23(18(24)25)10-13-9-21-11-22(13)6-3/h7-9,11-12H,4-6,10H2,1-3H3. The van der Waals surface area contributed by atoms with Crippen LogP contribution in [0.3, 0.4) is 0 Å². The zero-order chi connectivity index (χ0) is 18.1. The third-order valence-corrected chi connectivity index (χ3v) is 4.86. The van der Waals surface area contributed by atoms with Crippen molar-refractivity contribution in [1.29, 1.82) is 0 Å². The predicted octanol–water partition coefficient (Wildman–Crippen LogP) is 2.36. The van der Waals surface area contributed by atoms with Gasteiger partial charge in [-0.25, -0.2) is 14.2 Å². The minimum Gasteiger partial charge on any atom is -0.333 e. The van der Waals surface area contributed by atoms with E-state index >= 15 is 0 Å². The highest BCUT2D eigenvalue weighted by Crippen LogP contribution is 2.23. The third-order valence-electron chi connectivity index (χ3n) is 4.86. The number of fused-ring (bicyclic) bond motifs is 1. The zero-order valence-corrected chi connectivity index (χ0v) is 14.9. The van der Waals surface area contributed by atoms with Crippen molar-refractivity contribution in [3.63, 3.8) is 0 Å². The molecule has 130 valence electrons. The molecule has 1 aromatic carbocycles. The summed E-state index contributed by atoms with van der Waals surface area (Å²) in [5.41, 5.74) is 1.55. The number of aromatic nitrogens is 4. The van der Waals surface area contributed by atoms with Gasteiger partial charge in [0.2, 0.25) is 0 Å². The van der Waals surface area contributed by atoms with Crippen LogP contribution in [0.15, 0.2) is 29.5 Å². The van der Waals surface area contributed by atoms with Crippen LogP contribution in [-0.2, 0) is 13.1 Å². The minimum absolute atomic E-state index is 0.0235. The number of halogens is 1. The van der Waals surface area contributed by atoms with Gasteiger partial charge in [-0.15, -0.1) is 0 Å². The Labute approximate surface area is 147 Å². The molecular weight excluding hydrogens is 318 g/mol. The van der Waals surface area contributed by atoms with Crippen molar-refractivity contribution in [3.05, 3.63) is 46.7 Å². The Balaban J connectivity index is 2.28. The van der Waals surface area contributed by atoms with Crippen LogP contribution in [0.4, 0.5) is 4.39 Å². The molecule has 0 bridgehead atoms. The molecule has 25 heavy (non-hydrogen) atoms. The van der Waals surface area contributed by atoms with E-state index in [-0.39, 0.29) is 29.3 Å². The number of imidazole rings is 2. The van der Waals surface area contributed by atoms with E-state index in [4.69, 9.17) is 7.85 Å². The molecule has 0 atom stereocenters. The summed E-state index contributed by atoms with van der Waals surface area (Å²) in [6.07, 6.45) is 5.02. The molecule has 0 saturated heterocycles. The van der Waals surface area contributed by atoms with Gasteiger partial charge in [0, 0.05) is 18.8 Å². The minimum atomic E-state index is -0.540. The topological polar surface area (TPSA) is 44.8 Å². The van der Waals surface area contributed by atoms with E-state index in [9.17, 15) is 9.18 Å². The first-order valence-corrected chi connectivity index (χ1v) is 8.71. The average Bonchev–Trinajstić information content (AvgIpc) is 3.17. The Morgan fingerprint density at radius 2 is 1.96 bits per heavy atom. The molecule has 0 fully saturated rings. The van der Waals surface area contributed by atoms with Gasteiger partial charge in [-0.1, -0.05) is 25.4 Å². The molecule has 2 heterocycles. The second-order valence-electron chi connectivity index (χ2n) is 6.22. The van der Waals surface area contributed by atoms with Crippen molar-refractivity contribution in [2.24, 2.45) is 0 Å². The lowest BCUT2D eigenvalue weighted by Gasteiger charge is -2.14. The first-order chi connectivity index (χ1) is 12.0. The van der Waals surface area contributed by atoms with Crippen molar-refractivity contribution >= 4 is 24.3 Å². The van der Waals surface area contributed by atoms with Crippen molar-refractivity contribution in [3.8, 4) is 0 Å². The van der Waals surface area contributed by atoms with Crippen LogP contribution in [0.2, 0.25) is 0 Å². The van der Waals surface area contributed by atoms with E-state index in [2.05, 4.69) is 4.98 Å². The molecule has 0 aliphatic rings. The van der Waals surface area contributed by atoms with Crippen molar-refractivity contribution in [2.45, 2.75) is 52.7 Å². The molecule has 0 unspecified atom stereocenters. The molecule has 0 spiro atoms. The number of rotatable bonds is 6. The van der Waals surface area contributed by atoms with Crippen LogP contribution < -0.4 is 11.2 Å². The second-order valence-corrected chi connectivity index (χ2v) is 6.22. The lowest BCUT2D eigenvalue weighted by Crippen LogP contribution is -2.28. The maximum Gasteiger partial charge on any atom is 0.329 e. The molecule has 3 rings (SSSR count). The molecule has 2 aromatic heterocycles. The van der Waals surface area contributed by atoms with Gasteiger partial charge in [0.15, 0.2) is 0 Å². The normalized spacial score (nSPS) is 11.7. The largest absolute Gasteiger partial charge is 0.333 e. The summed E-state index contributed by atoms with van der Waals surface area (Å²) in [6, 6.07) is 3.29. The summed E-state index contributed by atoms with van der Waals surface area (Å²) in [4.78, 5) is 17.3. The van der Waals surface area contributed by atoms with Crippen molar-refractivity contribution in [1.82, 2.24) is 18.7 Å². The summed E-state index contributed by atoms with van der Waals surface area (Å²) in [5, 5.41) is 0. The fraction of sp³-hybridized carbons (Fsp3) is 0.444. The number of hydrogen-bond donors (Lipinski definition) is 0. The van der Waals surface area contributed by atoms with Gasteiger partial charge < -0.3 is 4.57 Å². The number of nitrogens with zero attached hydrogens (tertiary/aromatic N) is 4. The first kappa shape index (κ1) is 17.5. The van der Waals surface area contributed by atoms with E-state index < -0.39 is 5.82 Å². The first-order valence-electron chi connectivity index (χ1n) is 8.71. The molecule has 3 aromatic rings. The Kier molecular flexibility index (Phi) is 4.83. The van der Waals surface area contributed by atoms with Crippen LogP contribution in [0, 0.1) is 5.82 Å². The van der Waals surface area contributed by atoms with Gasteiger partial charge in [0.05, 0.1) is 24.1 Å². The molecule has 2 radical (unpaired) electrons. The number of aryl methyl sites for hydroxylation is 1. The van der Waals surface area contributed by atoms with Gasteiger partial charge in [0.1, 0.15) is 19.2 Å². The molecule has 0 aliphatic carbocycles. The summed E-state index contributed by atoms with van der Waals surface area (Å²) < 4.78 is 19.9. The van der Waals surface area contributed by atoms with Crippen LogP contribution in [0.25, 0.3) is 11.0 Å². The lowest BCUT2D eigenvalue weighted by molar-refractivity contribution is 0.462.